The Bertz CT molecular complexity index is 980. The molecule has 1 aliphatic rings. The SMILES string of the molecule is Nc1ccc(-c2nc3c(c(=O)[nH]2)CN(Cc2ccc(Br)cc2)CC3)cc1. The third-order valence-electron chi connectivity index (χ3n) is 4.65. The van der Waals surface area contributed by atoms with Crippen molar-refractivity contribution in [2.24, 2.45) is 0 Å². The number of aromatic nitrogens is 2. The Kier molecular flexibility index (Phi) is 4.61. The minimum absolute atomic E-state index is 0.0534. The van der Waals surface area contributed by atoms with E-state index in [0.29, 0.717) is 18.1 Å². The van der Waals surface area contributed by atoms with E-state index in [1.165, 1.54) is 5.56 Å². The van der Waals surface area contributed by atoms with Gasteiger partial charge in [-0.1, -0.05) is 28.1 Å². The number of fused-ring (bicyclic) bond motifs is 1. The number of rotatable bonds is 3. The summed E-state index contributed by atoms with van der Waals surface area (Å²) in [5.74, 6) is 0.607. The van der Waals surface area contributed by atoms with Crippen LogP contribution in [0, 0.1) is 0 Å². The van der Waals surface area contributed by atoms with Crippen molar-refractivity contribution in [2.75, 3.05) is 12.3 Å². The molecule has 3 aromatic rings. The fraction of sp³-hybridized carbons (Fsp3) is 0.200. The van der Waals surface area contributed by atoms with E-state index in [9.17, 15) is 4.79 Å². The molecule has 0 aliphatic carbocycles. The smallest absolute Gasteiger partial charge is 0.255 e. The molecule has 0 amide bonds. The minimum atomic E-state index is -0.0534. The van der Waals surface area contributed by atoms with Gasteiger partial charge in [0.25, 0.3) is 5.56 Å². The average molecular weight is 411 g/mol. The van der Waals surface area contributed by atoms with E-state index >= 15 is 0 Å². The number of nitrogens with one attached hydrogen (secondary N) is 1. The number of halogens is 1. The van der Waals surface area contributed by atoms with E-state index in [1.54, 1.807) is 0 Å². The quantitative estimate of drug-likeness (QED) is 0.649. The molecule has 26 heavy (non-hydrogen) atoms. The zero-order chi connectivity index (χ0) is 18.1. The van der Waals surface area contributed by atoms with Crippen LogP contribution in [0.5, 0.6) is 0 Å². The van der Waals surface area contributed by atoms with Gasteiger partial charge in [0.2, 0.25) is 0 Å². The second-order valence-corrected chi connectivity index (χ2v) is 7.46. The molecule has 0 saturated heterocycles. The van der Waals surface area contributed by atoms with Crippen LogP contribution in [-0.2, 0) is 19.5 Å². The van der Waals surface area contributed by atoms with E-state index in [-0.39, 0.29) is 5.56 Å². The average Bonchev–Trinajstić information content (AvgIpc) is 2.64. The van der Waals surface area contributed by atoms with Crippen LogP contribution < -0.4 is 11.3 Å². The molecular formula is C20H19BrN4O. The lowest BCUT2D eigenvalue weighted by molar-refractivity contribution is 0.242. The molecule has 0 bridgehead atoms. The summed E-state index contributed by atoms with van der Waals surface area (Å²) >= 11 is 3.46. The summed E-state index contributed by atoms with van der Waals surface area (Å²) in [6, 6.07) is 15.7. The van der Waals surface area contributed by atoms with E-state index in [1.807, 2.05) is 36.4 Å². The summed E-state index contributed by atoms with van der Waals surface area (Å²) in [6.07, 6.45) is 0.776. The maximum atomic E-state index is 12.6. The van der Waals surface area contributed by atoms with Gasteiger partial charge < -0.3 is 10.7 Å². The third-order valence-corrected chi connectivity index (χ3v) is 5.18. The maximum Gasteiger partial charge on any atom is 0.255 e. The molecule has 2 heterocycles. The number of benzene rings is 2. The molecule has 4 rings (SSSR count). The molecule has 2 aromatic carbocycles. The van der Waals surface area contributed by atoms with Gasteiger partial charge in [0.1, 0.15) is 5.82 Å². The first-order valence-electron chi connectivity index (χ1n) is 8.53. The van der Waals surface area contributed by atoms with Crippen LogP contribution >= 0.6 is 15.9 Å². The zero-order valence-electron chi connectivity index (χ0n) is 14.2. The number of nitrogens with zero attached hydrogens (tertiary/aromatic N) is 2. The first-order chi connectivity index (χ1) is 12.6. The Balaban J connectivity index is 1.57. The Morgan fingerprint density at radius 3 is 2.58 bits per heavy atom. The van der Waals surface area contributed by atoms with E-state index in [4.69, 9.17) is 10.7 Å². The van der Waals surface area contributed by atoms with Gasteiger partial charge >= 0.3 is 0 Å². The van der Waals surface area contributed by atoms with E-state index < -0.39 is 0 Å². The van der Waals surface area contributed by atoms with Crippen LogP contribution in [0.15, 0.2) is 57.8 Å². The lowest BCUT2D eigenvalue weighted by Crippen LogP contribution is -2.35. The van der Waals surface area contributed by atoms with Crippen molar-refractivity contribution in [3.63, 3.8) is 0 Å². The van der Waals surface area contributed by atoms with Crippen molar-refractivity contribution >= 4 is 21.6 Å². The minimum Gasteiger partial charge on any atom is -0.399 e. The molecule has 0 saturated carbocycles. The van der Waals surface area contributed by atoms with Crippen LogP contribution in [0.3, 0.4) is 0 Å². The highest BCUT2D eigenvalue weighted by Crippen LogP contribution is 2.21. The number of hydrogen-bond acceptors (Lipinski definition) is 4. The van der Waals surface area contributed by atoms with Crippen LogP contribution in [-0.4, -0.2) is 21.4 Å². The Morgan fingerprint density at radius 1 is 1.12 bits per heavy atom. The molecule has 1 aliphatic heterocycles. The van der Waals surface area contributed by atoms with E-state index in [2.05, 4.69) is 37.9 Å². The molecule has 3 N–H and O–H groups in total. The molecular weight excluding hydrogens is 392 g/mol. The molecule has 0 atom stereocenters. The summed E-state index contributed by atoms with van der Waals surface area (Å²) in [5.41, 5.74) is 10.1. The number of H-pyrrole nitrogens is 1. The topological polar surface area (TPSA) is 75.0 Å². The van der Waals surface area contributed by atoms with Crippen LogP contribution in [0.1, 0.15) is 16.8 Å². The number of aromatic amines is 1. The van der Waals surface area contributed by atoms with Crippen LogP contribution in [0.4, 0.5) is 5.69 Å². The number of nitrogen functional groups attached to an aromatic ring is 1. The standard InChI is InChI=1S/C20H19BrN4O/c21-15-5-1-13(2-6-15)11-25-10-9-18-17(12-25)20(26)24-19(23-18)14-3-7-16(22)8-4-14/h1-8H,9-12,22H2,(H,23,24,26). The van der Waals surface area contributed by atoms with Gasteiger partial charge in [-0.25, -0.2) is 4.98 Å². The van der Waals surface area contributed by atoms with Crippen molar-refractivity contribution in [3.8, 4) is 11.4 Å². The summed E-state index contributed by atoms with van der Waals surface area (Å²) in [7, 11) is 0. The Hall–Kier alpha value is -2.44. The molecule has 1 aromatic heterocycles. The highest BCUT2D eigenvalue weighted by atomic mass is 79.9. The molecule has 0 unspecified atom stereocenters. The van der Waals surface area contributed by atoms with E-state index in [0.717, 1.165) is 40.8 Å². The first kappa shape index (κ1) is 17.0. The normalized spacial score (nSPS) is 14.2. The molecule has 0 spiro atoms. The van der Waals surface area contributed by atoms with Gasteiger partial charge in [-0.2, -0.15) is 0 Å². The van der Waals surface area contributed by atoms with Gasteiger partial charge in [-0.15, -0.1) is 0 Å². The lowest BCUT2D eigenvalue weighted by atomic mass is 10.1. The van der Waals surface area contributed by atoms with Gasteiger partial charge in [0.15, 0.2) is 0 Å². The number of anilines is 1. The lowest BCUT2D eigenvalue weighted by Gasteiger charge is -2.27. The number of nitrogens with two attached hydrogens (primary N) is 1. The highest BCUT2D eigenvalue weighted by Gasteiger charge is 2.21. The van der Waals surface area contributed by atoms with Crippen molar-refractivity contribution in [1.29, 1.82) is 0 Å². The van der Waals surface area contributed by atoms with Crippen molar-refractivity contribution in [3.05, 3.63) is 80.2 Å². The summed E-state index contributed by atoms with van der Waals surface area (Å²) in [4.78, 5) is 22.5. The molecule has 0 radical (unpaired) electrons. The maximum absolute atomic E-state index is 12.6. The predicted octanol–water partition coefficient (Wildman–Crippen LogP) is 3.34. The number of hydrogen-bond donors (Lipinski definition) is 2. The van der Waals surface area contributed by atoms with Gasteiger partial charge in [-0.3, -0.25) is 9.69 Å². The fourth-order valence-electron chi connectivity index (χ4n) is 3.24. The molecule has 5 nitrogen and oxygen atoms in total. The van der Waals surface area contributed by atoms with Crippen molar-refractivity contribution in [1.82, 2.24) is 14.9 Å². The van der Waals surface area contributed by atoms with Crippen molar-refractivity contribution < 1.29 is 0 Å². The second-order valence-electron chi connectivity index (χ2n) is 6.55. The molecule has 6 heteroatoms. The summed E-state index contributed by atoms with van der Waals surface area (Å²) in [6.45, 7) is 2.34. The van der Waals surface area contributed by atoms with Crippen LogP contribution in [0.2, 0.25) is 0 Å². The van der Waals surface area contributed by atoms with Gasteiger partial charge in [0.05, 0.1) is 11.3 Å². The summed E-state index contributed by atoms with van der Waals surface area (Å²) in [5, 5.41) is 0. The van der Waals surface area contributed by atoms with Gasteiger partial charge in [-0.05, 0) is 42.0 Å². The van der Waals surface area contributed by atoms with Crippen LogP contribution in [0.25, 0.3) is 11.4 Å². The monoisotopic (exact) mass is 410 g/mol. The molecule has 132 valence electrons. The largest absolute Gasteiger partial charge is 0.399 e. The predicted molar refractivity (Wildman–Crippen MR) is 107 cm³/mol. The summed E-state index contributed by atoms with van der Waals surface area (Å²) < 4.78 is 1.07. The first-order valence-corrected chi connectivity index (χ1v) is 9.32. The van der Waals surface area contributed by atoms with Crippen molar-refractivity contribution in [2.45, 2.75) is 19.5 Å². The fourth-order valence-corrected chi connectivity index (χ4v) is 3.51. The highest BCUT2D eigenvalue weighted by molar-refractivity contribution is 9.10. The van der Waals surface area contributed by atoms with Gasteiger partial charge in [0, 0.05) is 41.8 Å². The molecule has 0 fully saturated rings. The Labute approximate surface area is 160 Å². The second kappa shape index (κ2) is 7.05. The third kappa shape index (κ3) is 3.57. The Morgan fingerprint density at radius 2 is 1.85 bits per heavy atom. The zero-order valence-corrected chi connectivity index (χ0v) is 15.8.